The van der Waals surface area contributed by atoms with Crippen LogP contribution in [0, 0.1) is 5.92 Å². The average Bonchev–Trinajstić information content (AvgIpc) is 2.22. The third kappa shape index (κ3) is 1.92. The molecule has 6 heteroatoms. The van der Waals surface area contributed by atoms with Crippen molar-refractivity contribution in [3.63, 3.8) is 0 Å². The molecule has 1 aromatic carbocycles. The molecule has 0 fully saturated rings. The maximum Gasteiger partial charge on any atom is 0.228 e. The fraction of sp³-hybridized carbons (Fsp3) is 0.300. The van der Waals surface area contributed by atoms with Crippen LogP contribution in [0.5, 0.6) is 0 Å². The van der Waals surface area contributed by atoms with Gasteiger partial charge in [0.15, 0.2) is 9.84 Å². The van der Waals surface area contributed by atoms with Crippen LogP contribution < -0.4 is 5.32 Å². The Morgan fingerprint density at radius 2 is 2.12 bits per heavy atom. The standard InChI is InChI=1S/C10H10ClNO3S/c1-6-5-16(14,15)9-3-2-7(11)4-8(9)12-10(6)13/h2-4,6H,5H2,1H3,(H,12,13). The van der Waals surface area contributed by atoms with Crippen LogP contribution >= 0.6 is 11.6 Å². The van der Waals surface area contributed by atoms with Crippen LogP contribution in [0.15, 0.2) is 23.1 Å². The van der Waals surface area contributed by atoms with Gasteiger partial charge in [-0.25, -0.2) is 8.42 Å². The molecule has 1 heterocycles. The first-order valence-electron chi connectivity index (χ1n) is 4.73. The lowest BCUT2D eigenvalue weighted by atomic mass is 10.2. The Kier molecular flexibility index (Phi) is 2.67. The number of fused-ring (bicyclic) bond motifs is 1. The van der Waals surface area contributed by atoms with Crippen molar-refractivity contribution in [2.24, 2.45) is 5.92 Å². The highest BCUT2D eigenvalue weighted by molar-refractivity contribution is 7.91. The molecule has 1 aliphatic rings. The van der Waals surface area contributed by atoms with Crippen molar-refractivity contribution in [2.45, 2.75) is 11.8 Å². The first-order chi connectivity index (χ1) is 7.40. The Morgan fingerprint density at radius 3 is 2.81 bits per heavy atom. The van der Waals surface area contributed by atoms with Gasteiger partial charge in [0.1, 0.15) is 0 Å². The molecule has 1 amide bonds. The minimum atomic E-state index is -3.42. The zero-order valence-corrected chi connectivity index (χ0v) is 10.1. The molecule has 0 spiro atoms. The van der Waals surface area contributed by atoms with E-state index in [1.54, 1.807) is 6.92 Å². The number of halogens is 1. The van der Waals surface area contributed by atoms with Crippen LogP contribution in [0.4, 0.5) is 5.69 Å². The van der Waals surface area contributed by atoms with Gasteiger partial charge in [-0.1, -0.05) is 18.5 Å². The largest absolute Gasteiger partial charge is 0.325 e. The van der Waals surface area contributed by atoms with Crippen molar-refractivity contribution in [1.82, 2.24) is 0 Å². The van der Waals surface area contributed by atoms with E-state index in [9.17, 15) is 13.2 Å². The molecule has 2 rings (SSSR count). The maximum absolute atomic E-state index is 11.9. The SMILES string of the molecule is CC1CS(=O)(=O)c2ccc(Cl)cc2NC1=O. The van der Waals surface area contributed by atoms with Crippen molar-refractivity contribution in [2.75, 3.05) is 11.1 Å². The van der Waals surface area contributed by atoms with E-state index in [0.717, 1.165) is 0 Å². The molecule has 1 aromatic rings. The fourth-order valence-corrected chi connectivity index (χ4v) is 3.50. The summed E-state index contributed by atoms with van der Waals surface area (Å²) in [6.45, 7) is 1.58. The molecule has 0 saturated heterocycles. The van der Waals surface area contributed by atoms with Gasteiger partial charge in [0.25, 0.3) is 0 Å². The van der Waals surface area contributed by atoms with Crippen LogP contribution in [0.3, 0.4) is 0 Å². The highest BCUT2D eigenvalue weighted by Gasteiger charge is 2.30. The van der Waals surface area contributed by atoms with Crippen LogP contribution in [0.25, 0.3) is 0 Å². The fourth-order valence-electron chi connectivity index (χ4n) is 1.62. The van der Waals surface area contributed by atoms with E-state index < -0.39 is 15.8 Å². The minimum Gasteiger partial charge on any atom is -0.325 e. The van der Waals surface area contributed by atoms with Crippen LogP contribution in [0.2, 0.25) is 5.02 Å². The molecule has 86 valence electrons. The van der Waals surface area contributed by atoms with Gasteiger partial charge in [0.2, 0.25) is 5.91 Å². The molecular formula is C10H10ClNO3S. The van der Waals surface area contributed by atoms with Gasteiger partial charge < -0.3 is 5.32 Å². The number of carbonyl (C=O) groups is 1. The van der Waals surface area contributed by atoms with Crippen LogP contribution in [-0.2, 0) is 14.6 Å². The van der Waals surface area contributed by atoms with Gasteiger partial charge in [0.05, 0.1) is 16.3 Å². The molecule has 0 aliphatic carbocycles. The van der Waals surface area contributed by atoms with Gasteiger partial charge in [-0.3, -0.25) is 4.79 Å². The Bertz CT molecular complexity index is 553. The lowest BCUT2D eigenvalue weighted by Crippen LogP contribution is -2.22. The van der Waals surface area contributed by atoms with Gasteiger partial charge in [-0.2, -0.15) is 0 Å². The summed E-state index contributed by atoms with van der Waals surface area (Å²) in [5, 5.41) is 2.96. The lowest BCUT2D eigenvalue weighted by Gasteiger charge is -2.06. The third-order valence-corrected chi connectivity index (χ3v) is 4.65. The van der Waals surface area contributed by atoms with Crippen molar-refractivity contribution < 1.29 is 13.2 Å². The molecule has 0 saturated carbocycles. The number of anilines is 1. The maximum atomic E-state index is 11.9. The molecule has 1 unspecified atom stereocenters. The van der Waals surface area contributed by atoms with E-state index in [4.69, 9.17) is 11.6 Å². The Hall–Kier alpha value is -1.07. The smallest absolute Gasteiger partial charge is 0.228 e. The normalized spacial score (nSPS) is 23.1. The Labute approximate surface area is 98.5 Å². The van der Waals surface area contributed by atoms with E-state index in [2.05, 4.69) is 5.32 Å². The molecule has 0 radical (unpaired) electrons. The predicted molar refractivity (Wildman–Crippen MR) is 61.3 cm³/mol. The second-order valence-corrected chi connectivity index (χ2v) is 6.25. The summed E-state index contributed by atoms with van der Waals surface area (Å²) >= 11 is 5.76. The summed E-state index contributed by atoms with van der Waals surface area (Å²) in [5.74, 6) is -1.03. The second kappa shape index (κ2) is 3.75. The van der Waals surface area contributed by atoms with E-state index in [0.29, 0.717) is 5.02 Å². The number of rotatable bonds is 0. The number of hydrogen-bond donors (Lipinski definition) is 1. The van der Waals surface area contributed by atoms with Crippen LogP contribution in [0.1, 0.15) is 6.92 Å². The van der Waals surface area contributed by atoms with E-state index in [1.807, 2.05) is 0 Å². The number of hydrogen-bond acceptors (Lipinski definition) is 3. The van der Waals surface area contributed by atoms with E-state index in [-0.39, 0.29) is 22.2 Å². The summed E-state index contributed by atoms with van der Waals surface area (Å²) in [7, 11) is -3.42. The number of carbonyl (C=O) groups excluding carboxylic acids is 1. The van der Waals surface area contributed by atoms with Crippen molar-refractivity contribution >= 4 is 33.0 Å². The monoisotopic (exact) mass is 259 g/mol. The zero-order chi connectivity index (χ0) is 11.9. The Balaban J connectivity index is 2.65. The number of amides is 1. The molecule has 0 bridgehead atoms. The summed E-state index contributed by atoms with van der Waals surface area (Å²) in [6.07, 6.45) is 0. The van der Waals surface area contributed by atoms with Gasteiger partial charge in [0, 0.05) is 10.9 Å². The second-order valence-electron chi connectivity index (χ2n) is 3.81. The molecular weight excluding hydrogens is 250 g/mol. The van der Waals surface area contributed by atoms with Gasteiger partial charge >= 0.3 is 0 Å². The summed E-state index contributed by atoms with van der Waals surface area (Å²) < 4.78 is 23.8. The minimum absolute atomic E-state index is 0.134. The first-order valence-corrected chi connectivity index (χ1v) is 6.76. The summed E-state index contributed by atoms with van der Waals surface area (Å²) in [5.41, 5.74) is 0.266. The summed E-state index contributed by atoms with van der Waals surface area (Å²) in [4.78, 5) is 11.7. The third-order valence-electron chi connectivity index (χ3n) is 2.45. The average molecular weight is 260 g/mol. The highest BCUT2D eigenvalue weighted by Crippen LogP contribution is 2.30. The van der Waals surface area contributed by atoms with Crippen molar-refractivity contribution in [3.05, 3.63) is 23.2 Å². The first kappa shape index (κ1) is 11.4. The molecule has 4 nitrogen and oxygen atoms in total. The Morgan fingerprint density at radius 1 is 1.44 bits per heavy atom. The van der Waals surface area contributed by atoms with Crippen LogP contribution in [-0.4, -0.2) is 20.1 Å². The highest BCUT2D eigenvalue weighted by atomic mass is 35.5. The van der Waals surface area contributed by atoms with E-state index in [1.165, 1.54) is 18.2 Å². The molecule has 1 N–H and O–H groups in total. The van der Waals surface area contributed by atoms with Crippen molar-refractivity contribution in [1.29, 1.82) is 0 Å². The predicted octanol–water partition coefficient (Wildman–Crippen LogP) is 1.70. The quantitative estimate of drug-likeness (QED) is 0.771. The zero-order valence-electron chi connectivity index (χ0n) is 8.53. The topological polar surface area (TPSA) is 63.2 Å². The van der Waals surface area contributed by atoms with Gasteiger partial charge in [-0.05, 0) is 18.2 Å². The summed E-state index contributed by atoms with van der Waals surface area (Å²) in [6, 6.07) is 4.37. The number of benzene rings is 1. The number of nitrogens with one attached hydrogen (secondary N) is 1. The van der Waals surface area contributed by atoms with E-state index >= 15 is 0 Å². The number of sulfone groups is 1. The lowest BCUT2D eigenvalue weighted by molar-refractivity contribution is -0.118. The molecule has 1 aliphatic heterocycles. The molecule has 0 aromatic heterocycles. The van der Waals surface area contributed by atoms with Gasteiger partial charge in [-0.15, -0.1) is 0 Å². The molecule has 16 heavy (non-hydrogen) atoms. The van der Waals surface area contributed by atoms with Crippen molar-refractivity contribution in [3.8, 4) is 0 Å². The molecule has 1 atom stereocenters.